The van der Waals surface area contributed by atoms with Crippen LogP contribution in [0.1, 0.15) is 5.56 Å². The van der Waals surface area contributed by atoms with Crippen LogP contribution in [0.25, 0.3) is 0 Å². The number of anilines is 3. The third kappa shape index (κ3) is 3.13. The second-order valence-corrected chi connectivity index (χ2v) is 5.92. The van der Waals surface area contributed by atoms with Crippen LogP contribution in [0.2, 0.25) is 0 Å². The number of nitrogens with one attached hydrogen (secondary N) is 1. The summed E-state index contributed by atoms with van der Waals surface area (Å²) >= 11 is 5.76. The molecule has 0 saturated carbocycles. The standard InChI is InChI=1S/C13H12BrIN2/c1-8-2-5-12(11(16)6-8)17-13-7-9(14)3-4-10(13)15/h2-7,17H,16H2,1H3. The van der Waals surface area contributed by atoms with Gasteiger partial charge in [0.05, 0.1) is 17.1 Å². The van der Waals surface area contributed by atoms with Crippen LogP contribution in [0.5, 0.6) is 0 Å². The van der Waals surface area contributed by atoms with E-state index in [4.69, 9.17) is 5.73 Å². The molecule has 0 aliphatic rings. The SMILES string of the molecule is Cc1ccc(Nc2cc(Br)ccc2I)c(N)c1. The zero-order valence-electron chi connectivity index (χ0n) is 9.30. The van der Waals surface area contributed by atoms with Crippen molar-refractivity contribution in [3.63, 3.8) is 0 Å². The van der Waals surface area contributed by atoms with Crippen molar-refractivity contribution in [3.05, 3.63) is 50.0 Å². The lowest BCUT2D eigenvalue weighted by molar-refractivity contribution is 1.44. The van der Waals surface area contributed by atoms with Crippen molar-refractivity contribution in [2.75, 3.05) is 11.1 Å². The predicted octanol–water partition coefficient (Wildman–Crippen LogP) is 4.69. The number of hydrogen-bond acceptors (Lipinski definition) is 2. The first kappa shape index (κ1) is 12.7. The number of nitrogen functional groups attached to an aromatic ring is 1. The van der Waals surface area contributed by atoms with Gasteiger partial charge in [0.2, 0.25) is 0 Å². The molecule has 3 N–H and O–H groups in total. The summed E-state index contributed by atoms with van der Waals surface area (Å²) in [5.74, 6) is 0. The molecule has 4 heteroatoms. The Hall–Kier alpha value is -0.750. The smallest absolute Gasteiger partial charge is 0.0618 e. The summed E-state index contributed by atoms with van der Waals surface area (Å²) in [6.07, 6.45) is 0. The molecule has 0 unspecified atom stereocenters. The van der Waals surface area contributed by atoms with Gasteiger partial charge in [-0.15, -0.1) is 0 Å². The Morgan fingerprint density at radius 2 is 1.88 bits per heavy atom. The Labute approximate surface area is 123 Å². The van der Waals surface area contributed by atoms with Crippen LogP contribution in [-0.2, 0) is 0 Å². The van der Waals surface area contributed by atoms with Crippen molar-refractivity contribution in [1.82, 2.24) is 0 Å². The van der Waals surface area contributed by atoms with Gasteiger partial charge in [0.25, 0.3) is 0 Å². The van der Waals surface area contributed by atoms with Gasteiger partial charge in [0.15, 0.2) is 0 Å². The van der Waals surface area contributed by atoms with E-state index in [1.54, 1.807) is 0 Å². The Kier molecular flexibility index (Phi) is 3.93. The fourth-order valence-electron chi connectivity index (χ4n) is 1.53. The first-order valence-electron chi connectivity index (χ1n) is 5.14. The minimum atomic E-state index is 0.765. The zero-order chi connectivity index (χ0) is 12.4. The van der Waals surface area contributed by atoms with Crippen molar-refractivity contribution >= 4 is 55.6 Å². The second kappa shape index (κ2) is 5.27. The lowest BCUT2D eigenvalue weighted by Gasteiger charge is -2.12. The maximum absolute atomic E-state index is 5.98. The first-order valence-corrected chi connectivity index (χ1v) is 7.01. The van der Waals surface area contributed by atoms with E-state index in [2.05, 4.69) is 49.9 Å². The molecule has 88 valence electrons. The van der Waals surface area contributed by atoms with E-state index in [1.165, 1.54) is 0 Å². The van der Waals surface area contributed by atoms with Crippen molar-refractivity contribution in [2.45, 2.75) is 6.92 Å². The van der Waals surface area contributed by atoms with Crippen LogP contribution in [0, 0.1) is 10.5 Å². The van der Waals surface area contributed by atoms with Crippen LogP contribution in [0.15, 0.2) is 40.9 Å². The Balaban J connectivity index is 2.34. The highest BCUT2D eigenvalue weighted by Gasteiger charge is 2.04. The van der Waals surface area contributed by atoms with Crippen LogP contribution in [0.3, 0.4) is 0 Å². The molecule has 2 aromatic carbocycles. The molecule has 0 spiro atoms. The van der Waals surface area contributed by atoms with E-state index < -0.39 is 0 Å². The quantitative estimate of drug-likeness (QED) is 0.565. The fraction of sp³-hybridized carbons (Fsp3) is 0.0769. The van der Waals surface area contributed by atoms with Crippen molar-refractivity contribution in [3.8, 4) is 0 Å². The van der Waals surface area contributed by atoms with Gasteiger partial charge >= 0.3 is 0 Å². The van der Waals surface area contributed by atoms with Crippen LogP contribution >= 0.6 is 38.5 Å². The molecule has 0 saturated heterocycles. The number of rotatable bonds is 2. The fourth-order valence-corrected chi connectivity index (χ4v) is 2.37. The van der Waals surface area contributed by atoms with E-state index in [9.17, 15) is 0 Å². The summed E-state index contributed by atoms with van der Waals surface area (Å²) < 4.78 is 2.21. The van der Waals surface area contributed by atoms with Gasteiger partial charge in [-0.05, 0) is 65.4 Å². The largest absolute Gasteiger partial charge is 0.397 e. The number of benzene rings is 2. The van der Waals surface area contributed by atoms with Gasteiger partial charge in [-0.1, -0.05) is 22.0 Å². The van der Waals surface area contributed by atoms with Crippen molar-refractivity contribution in [1.29, 1.82) is 0 Å². The van der Waals surface area contributed by atoms with Crippen molar-refractivity contribution < 1.29 is 0 Å². The molecular weight excluding hydrogens is 391 g/mol. The first-order chi connectivity index (χ1) is 8.06. The summed E-state index contributed by atoms with van der Waals surface area (Å²) in [4.78, 5) is 0. The summed E-state index contributed by atoms with van der Waals surface area (Å²) in [5.41, 5.74) is 9.90. The maximum atomic E-state index is 5.98. The number of hydrogen-bond donors (Lipinski definition) is 2. The van der Waals surface area contributed by atoms with Crippen molar-refractivity contribution in [2.24, 2.45) is 0 Å². The molecule has 2 nitrogen and oxygen atoms in total. The van der Waals surface area contributed by atoms with E-state index in [0.717, 1.165) is 30.7 Å². The number of halogens is 2. The Morgan fingerprint density at radius 1 is 1.12 bits per heavy atom. The molecule has 2 aromatic rings. The Morgan fingerprint density at radius 3 is 2.59 bits per heavy atom. The lowest BCUT2D eigenvalue weighted by atomic mass is 10.2. The average Bonchev–Trinajstić information content (AvgIpc) is 2.27. The summed E-state index contributed by atoms with van der Waals surface area (Å²) in [6, 6.07) is 12.1. The summed E-state index contributed by atoms with van der Waals surface area (Å²) in [6.45, 7) is 2.03. The highest BCUT2D eigenvalue weighted by Crippen LogP contribution is 2.29. The molecule has 2 rings (SSSR count). The molecule has 0 bridgehead atoms. The van der Waals surface area contributed by atoms with Gasteiger partial charge < -0.3 is 11.1 Å². The molecule has 0 aliphatic heterocycles. The third-order valence-corrected chi connectivity index (χ3v) is 3.84. The third-order valence-electron chi connectivity index (χ3n) is 2.40. The van der Waals surface area contributed by atoms with Gasteiger partial charge in [-0.2, -0.15) is 0 Å². The summed E-state index contributed by atoms with van der Waals surface area (Å²) in [5, 5.41) is 3.35. The number of aryl methyl sites for hydroxylation is 1. The lowest BCUT2D eigenvalue weighted by Crippen LogP contribution is -1.98. The maximum Gasteiger partial charge on any atom is 0.0618 e. The van der Waals surface area contributed by atoms with Gasteiger partial charge in [0.1, 0.15) is 0 Å². The monoisotopic (exact) mass is 402 g/mol. The highest BCUT2D eigenvalue weighted by molar-refractivity contribution is 14.1. The molecule has 0 fully saturated rings. The molecular formula is C13H12BrIN2. The van der Waals surface area contributed by atoms with Crippen LogP contribution < -0.4 is 11.1 Å². The molecule has 0 radical (unpaired) electrons. The van der Waals surface area contributed by atoms with E-state index in [1.807, 2.05) is 37.3 Å². The summed E-state index contributed by atoms with van der Waals surface area (Å²) in [7, 11) is 0. The van der Waals surface area contributed by atoms with E-state index >= 15 is 0 Å². The normalized spacial score (nSPS) is 10.3. The van der Waals surface area contributed by atoms with Gasteiger partial charge in [-0.25, -0.2) is 0 Å². The predicted molar refractivity (Wildman–Crippen MR) is 85.7 cm³/mol. The molecule has 0 aromatic heterocycles. The van der Waals surface area contributed by atoms with Gasteiger partial charge in [-0.3, -0.25) is 0 Å². The second-order valence-electron chi connectivity index (χ2n) is 3.84. The topological polar surface area (TPSA) is 38.0 Å². The highest BCUT2D eigenvalue weighted by atomic mass is 127. The van der Waals surface area contributed by atoms with Crippen LogP contribution in [-0.4, -0.2) is 0 Å². The minimum Gasteiger partial charge on any atom is -0.397 e. The molecule has 0 amide bonds. The number of nitrogens with two attached hydrogens (primary N) is 1. The Bertz CT molecular complexity index is 555. The van der Waals surface area contributed by atoms with E-state index in [0.29, 0.717) is 0 Å². The molecule has 0 atom stereocenters. The molecule has 0 heterocycles. The zero-order valence-corrected chi connectivity index (χ0v) is 13.0. The minimum absolute atomic E-state index is 0.765. The average molecular weight is 403 g/mol. The van der Waals surface area contributed by atoms with Gasteiger partial charge in [0, 0.05) is 8.04 Å². The molecule has 17 heavy (non-hydrogen) atoms. The van der Waals surface area contributed by atoms with E-state index in [-0.39, 0.29) is 0 Å². The molecule has 0 aliphatic carbocycles. The van der Waals surface area contributed by atoms with Crippen LogP contribution in [0.4, 0.5) is 17.1 Å².